The second-order valence-corrected chi connectivity index (χ2v) is 3.44. The summed E-state index contributed by atoms with van der Waals surface area (Å²) in [6.07, 6.45) is 1.61. The van der Waals surface area contributed by atoms with Gasteiger partial charge in [0.05, 0.1) is 5.69 Å². The van der Waals surface area contributed by atoms with E-state index in [1.807, 2.05) is 0 Å². The van der Waals surface area contributed by atoms with E-state index >= 15 is 0 Å². The fourth-order valence-corrected chi connectivity index (χ4v) is 1.51. The lowest BCUT2D eigenvalue weighted by atomic mass is 10.1. The van der Waals surface area contributed by atoms with Gasteiger partial charge in [-0.15, -0.1) is 11.6 Å². The summed E-state index contributed by atoms with van der Waals surface area (Å²) in [6, 6.07) is 4.43. The lowest BCUT2D eigenvalue weighted by Gasteiger charge is -1.92. The summed E-state index contributed by atoms with van der Waals surface area (Å²) in [7, 11) is 0. The number of benzene rings is 1. The maximum absolute atomic E-state index is 12.8. The Bertz CT molecular complexity index is 441. The molecule has 74 valence electrons. The number of aromatic nitrogens is 1. The van der Waals surface area contributed by atoms with Gasteiger partial charge in [0.1, 0.15) is 5.82 Å². The van der Waals surface area contributed by atoms with E-state index < -0.39 is 0 Å². The van der Waals surface area contributed by atoms with Crippen molar-refractivity contribution in [3.05, 3.63) is 29.7 Å². The predicted octanol–water partition coefficient (Wildman–Crippen LogP) is 3.14. The number of hydrogen-bond donors (Lipinski definition) is 0. The van der Waals surface area contributed by atoms with Gasteiger partial charge >= 0.3 is 0 Å². The van der Waals surface area contributed by atoms with E-state index in [9.17, 15) is 4.39 Å². The summed E-state index contributed by atoms with van der Waals surface area (Å²) in [4.78, 5) is 0. The van der Waals surface area contributed by atoms with Crippen molar-refractivity contribution >= 4 is 22.6 Å². The normalized spacial score (nSPS) is 11.0. The monoisotopic (exact) mass is 213 g/mol. The molecule has 0 unspecified atom stereocenters. The lowest BCUT2D eigenvalue weighted by molar-refractivity contribution is 0.444. The summed E-state index contributed by atoms with van der Waals surface area (Å²) >= 11 is 5.58. The molecule has 0 amide bonds. The summed E-state index contributed by atoms with van der Waals surface area (Å²) < 4.78 is 17.8. The molecule has 1 aromatic heterocycles. The Balaban J connectivity index is 2.37. The van der Waals surface area contributed by atoms with Crippen LogP contribution in [0, 0.1) is 5.82 Å². The first-order chi connectivity index (χ1) is 6.81. The van der Waals surface area contributed by atoms with Crippen molar-refractivity contribution < 1.29 is 8.91 Å². The Labute approximate surface area is 85.6 Å². The molecular weight excluding hydrogens is 205 g/mol. The van der Waals surface area contributed by atoms with Crippen molar-refractivity contribution in [2.75, 3.05) is 5.88 Å². The Morgan fingerprint density at radius 1 is 1.43 bits per heavy atom. The zero-order valence-corrected chi connectivity index (χ0v) is 8.22. The van der Waals surface area contributed by atoms with Crippen LogP contribution in [-0.4, -0.2) is 11.0 Å². The molecule has 2 nitrogen and oxygen atoms in total. The number of aryl methyl sites for hydroxylation is 1. The molecule has 14 heavy (non-hydrogen) atoms. The maximum Gasteiger partial charge on any atom is 0.170 e. The molecule has 0 aliphatic carbocycles. The Kier molecular flexibility index (Phi) is 2.68. The number of fused-ring (bicyclic) bond motifs is 1. The Morgan fingerprint density at radius 2 is 2.29 bits per heavy atom. The van der Waals surface area contributed by atoms with Crippen molar-refractivity contribution in [1.82, 2.24) is 5.16 Å². The average Bonchev–Trinajstić information content (AvgIpc) is 2.57. The quantitative estimate of drug-likeness (QED) is 0.733. The highest BCUT2D eigenvalue weighted by atomic mass is 35.5. The molecule has 0 spiro atoms. The topological polar surface area (TPSA) is 26.0 Å². The van der Waals surface area contributed by atoms with Gasteiger partial charge in [0.15, 0.2) is 5.58 Å². The van der Waals surface area contributed by atoms with Crippen molar-refractivity contribution in [3.8, 4) is 0 Å². The molecule has 0 atom stereocenters. The maximum atomic E-state index is 12.8. The number of halogens is 2. The van der Waals surface area contributed by atoms with Gasteiger partial charge in [0, 0.05) is 17.3 Å². The minimum Gasteiger partial charge on any atom is -0.356 e. The van der Waals surface area contributed by atoms with Crippen LogP contribution in [0.2, 0.25) is 0 Å². The molecule has 1 heterocycles. The summed E-state index contributed by atoms with van der Waals surface area (Å²) in [6.45, 7) is 0. The van der Waals surface area contributed by atoms with Gasteiger partial charge in [-0.25, -0.2) is 4.39 Å². The van der Waals surface area contributed by atoms with Crippen molar-refractivity contribution in [2.45, 2.75) is 12.8 Å². The number of alkyl halides is 1. The number of nitrogens with zero attached hydrogens (tertiary/aromatic N) is 1. The van der Waals surface area contributed by atoms with Gasteiger partial charge in [-0.2, -0.15) is 0 Å². The summed E-state index contributed by atoms with van der Waals surface area (Å²) in [5, 5.41) is 4.75. The van der Waals surface area contributed by atoms with Gasteiger partial charge in [0.2, 0.25) is 0 Å². The molecule has 0 N–H and O–H groups in total. The fourth-order valence-electron chi connectivity index (χ4n) is 1.38. The van der Waals surface area contributed by atoms with E-state index in [0.717, 1.165) is 23.9 Å². The molecule has 0 bridgehead atoms. The highest BCUT2D eigenvalue weighted by Crippen LogP contribution is 2.20. The van der Waals surface area contributed by atoms with Crippen LogP contribution in [0.5, 0.6) is 0 Å². The third-order valence-corrected chi connectivity index (χ3v) is 2.32. The third kappa shape index (κ3) is 1.73. The minimum absolute atomic E-state index is 0.308. The molecule has 0 fully saturated rings. The molecule has 2 rings (SSSR count). The Hall–Kier alpha value is -1.09. The zero-order valence-electron chi connectivity index (χ0n) is 7.46. The van der Waals surface area contributed by atoms with Gasteiger partial charge in [-0.05, 0) is 25.0 Å². The molecule has 0 aliphatic heterocycles. The molecule has 1 aromatic carbocycles. The number of hydrogen-bond acceptors (Lipinski definition) is 2. The smallest absolute Gasteiger partial charge is 0.170 e. The Morgan fingerprint density at radius 3 is 3.07 bits per heavy atom. The third-order valence-electron chi connectivity index (χ3n) is 2.06. The van der Waals surface area contributed by atoms with Crippen LogP contribution in [0.15, 0.2) is 22.7 Å². The molecule has 0 radical (unpaired) electrons. The van der Waals surface area contributed by atoms with E-state index in [0.29, 0.717) is 11.5 Å². The van der Waals surface area contributed by atoms with Crippen molar-refractivity contribution in [3.63, 3.8) is 0 Å². The van der Waals surface area contributed by atoms with Gasteiger partial charge in [-0.3, -0.25) is 0 Å². The highest BCUT2D eigenvalue weighted by molar-refractivity contribution is 6.17. The second kappa shape index (κ2) is 3.96. The van der Waals surface area contributed by atoms with Gasteiger partial charge in [0.25, 0.3) is 0 Å². The molecule has 0 saturated heterocycles. The largest absolute Gasteiger partial charge is 0.356 e. The van der Waals surface area contributed by atoms with Gasteiger partial charge in [-0.1, -0.05) is 5.16 Å². The molecule has 4 heteroatoms. The van der Waals surface area contributed by atoms with E-state index in [1.54, 1.807) is 6.07 Å². The van der Waals surface area contributed by atoms with Gasteiger partial charge < -0.3 is 4.52 Å². The first-order valence-corrected chi connectivity index (χ1v) is 4.94. The van der Waals surface area contributed by atoms with Crippen LogP contribution in [0.4, 0.5) is 4.39 Å². The second-order valence-electron chi connectivity index (χ2n) is 3.06. The fraction of sp³-hybridized carbons (Fsp3) is 0.300. The van der Waals surface area contributed by atoms with Crippen LogP contribution in [0.25, 0.3) is 11.0 Å². The van der Waals surface area contributed by atoms with Crippen LogP contribution in [-0.2, 0) is 6.42 Å². The predicted molar refractivity (Wildman–Crippen MR) is 53.0 cm³/mol. The van der Waals surface area contributed by atoms with Crippen LogP contribution >= 0.6 is 11.6 Å². The van der Waals surface area contributed by atoms with Crippen molar-refractivity contribution in [1.29, 1.82) is 0 Å². The van der Waals surface area contributed by atoms with Crippen LogP contribution in [0.3, 0.4) is 0 Å². The minimum atomic E-state index is -0.308. The summed E-state index contributed by atoms with van der Waals surface area (Å²) in [5.74, 6) is 0.285. The SMILES string of the molecule is Fc1ccc2c(CCCCl)noc2c1. The lowest BCUT2D eigenvalue weighted by Crippen LogP contribution is -1.86. The van der Waals surface area contributed by atoms with Crippen LogP contribution in [0.1, 0.15) is 12.1 Å². The summed E-state index contributed by atoms with van der Waals surface area (Å²) in [5.41, 5.74) is 1.34. The van der Waals surface area contributed by atoms with E-state index in [-0.39, 0.29) is 5.82 Å². The average molecular weight is 214 g/mol. The first-order valence-electron chi connectivity index (χ1n) is 4.41. The highest BCUT2D eigenvalue weighted by Gasteiger charge is 2.07. The zero-order chi connectivity index (χ0) is 9.97. The number of rotatable bonds is 3. The first kappa shape index (κ1) is 9.46. The standard InChI is InChI=1S/C10H9ClFNO/c11-5-1-2-9-8-4-3-7(12)6-10(8)14-13-9/h3-4,6H,1-2,5H2. The van der Waals surface area contributed by atoms with Crippen molar-refractivity contribution in [2.24, 2.45) is 0 Å². The molecule has 2 aromatic rings. The van der Waals surface area contributed by atoms with Crippen LogP contribution < -0.4 is 0 Å². The van der Waals surface area contributed by atoms with E-state index in [2.05, 4.69) is 5.16 Å². The molecule has 0 aliphatic rings. The molecule has 0 saturated carbocycles. The molecular formula is C10H9ClFNO. The van der Waals surface area contributed by atoms with E-state index in [4.69, 9.17) is 16.1 Å². The van der Waals surface area contributed by atoms with E-state index in [1.165, 1.54) is 12.1 Å².